The number of carbonyl (C=O) groups is 2. The number of ketones is 1. The van der Waals surface area contributed by atoms with E-state index in [0.29, 0.717) is 10.8 Å². The zero-order valence-corrected chi connectivity index (χ0v) is 12.8. The highest BCUT2D eigenvalue weighted by atomic mass is 32.2. The molecule has 108 valence electrons. The fourth-order valence-corrected chi connectivity index (χ4v) is 3.77. The highest BCUT2D eigenvalue weighted by molar-refractivity contribution is 8.01. The minimum atomic E-state index is -0.0365. The minimum absolute atomic E-state index is 0.0352. The summed E-state index contributed by atoms with van der Waals surface area (Å²) in [6, 6.07) is 7.04. The van der Waals surface area contributed by atoms with Crippen LogP contribution in [0.4, 0.5) is 5.69 Å². The first kappa shape index (κ1) is 15.1. The zero-order valence-electron chi connectivity index (χ0n) is 12.0. The molecular weight excluding hydrogens is 270 g/mol. The molecule has 4 heteroatoms. The maximum Gasteiger partial charge on any atom is 0.237 e. The molecule has 0 bridgehead atoms. The Balaban J connectivity index is 1.87. The van der Waals surface area contributed by atoms with Crippen LogP contribution in [-0.2, 0) is 4.79 Å². The Kier molecular flexibility index (Phi) is 5.24. The summed E-state index contributed by atoms with van der Waals surface area (Å²) < 4.78 is 0. The molecule has 0 unspecified atom stereocenters. The van der Waals surface area contributed by atoms with Crippen molar-refractivity contribution in [2.24, 2.45) is 0 Å². The fourth-order valence-electron chi connectivity index (χ4n) is 2.41. The first-order valence-corrected chi connectivity index (χ1v) is 8.08. The van der Waals surface area contributed by atoms with Gasteiger partial charge in [-0.1, -0.05) is 12.8 Å². The van der Waals surface area contributed by atoms with E-state index in [2.05, 4.69) is 5.32 Å². The van der Waals surface area contributed by atoms with Gasteiger partial charge in [-0.05, 0) is 51.0 Å². The van der Waals surface area contributed by atoms with Gasteiger partial charge in [-0.2, -0.15) is 0 Å². The van der Waals surface area contributed by atoms with Gasteiger partial charge in [-0.15, -0.1) is 11.8 Å². The van der Waals surface area contributed by atoms with Crippen molar-refractivity contribution in [3.63, 3.8) is 0 Å². The second-order valence-electron chi connectivity index (χ2n) is 5.31. The van der Waals surface area contributed by atoms with E-state index in [1.54, 1.807) is 36.0 Å². The van der Waals surface area contributed by atoms with Crippen molar-refractivity contribution in [2.45, 2.75) is 50.0 Å². The van der Waals surface area contributed by atoms with Crippen molar-refractivity contribution in [3.05, 3.63) is 29.8 Å². The van der Waals surface area contributed by atoms with Crippen molar-refractivity contribution in [2.75, 3.05) is 5.32 Å². The van der Waals surface area contributed by atoms with Crippen LogP contribution in [-0.4, -0.2) is 22.2 Å². The summed E-state index contributed by atoms with van der Waals surface area (Å²) in [4.78, 5) is 23.3. The Labute approximate surface area is 124 Å². The van der Waals surface area contributed by atoms with Gasteiger partial charge in [0.05, 0.1) is 5.25 Å². The average Bonchev–Trinajstić information content (AvgIpc) is 2.92. The highest BCUT2D eigenvalue weighted by Gasteiger charge is 2.22. The number of nitrogens with one attached hydrogen (secondary N) is 1. The van der Waals surface area contributed by atoms with Crippen LogP contribution in [0.1, 0.15) is 49.9 Å². The van der Waals surface area contributed by atoms with Crippen molar-refractivity contribution in [1.82, 2.24) is 0 Å². The fraction of sp³-hybridized carbons (Fsp3) is 0.500. The second-order valence-corrected chi connectivity index (χ2v) is 6.95. The molecule has 1 fully saturated rings. The number of thioether (sulfide) groups is 1. The molecule has 1 atom stereocenters. The van der Waals surface area contributed by atoms with Crippen molar-refractivity contribution in [1.29, 1.82) is 0 Å². The molecule has 20 heavy (non-hydrogen) atoms. The van der Waals surface area contributed by atoms with E-state index >= 15 is 0 Å². The summed E-state index contributed by atoms with van der Waals surface area (Å²) in [5.41, 5.74) is 1.41. The Morgan fingerprint density at radius 1 is 1.20 bits per heavy atom. The number of rotatable bonds is 5. The van der Waals surface area contributed by atoms with E-state index in [1.165, 1.54) is 32.6 Å². The Morgan fingerprint density at radius 3 is 2.35 bits per heavy atom. The molecule has 3 nitrogen and oxygen atoms in total. The summed E-state index contributed by atoms with van der Waals surface area (Å²) in [5.74, 6) is 0.0745. The largest absolute Gasteiger partial charge is 0.325 e. The van der Waals surface area contributed by atoms with Gasteiger partial charge in [0.15, 0.2) is 5.78 Å². The topological polar surface area (TPSA) is 46.2 Å². The molecule has 0 spiro atoms. The molecule has 1 aromatic carbocycles. The quantitative estimate of drug-likeness (QED) is 0.837. The number of amides is 1. The third kappa shape index (κ3) is 4.10. The lowest BCUT2D eigenvalue weighted by atomic mass is 10.1. The maximum atomic E-state index is 12.1. The van der Waals surface area contributed by atoms with E-state index in [1.807, 2.05) is 6.92 Å². The van der Waals surface area contributed by atoms with Crippen molar-refractivity contribution in [3.8, 4) is 0 Å². The number of anilines is 1. The van der Waals surface area contributed by atoms with Crippen LogP contribution >= 0.6 is 11.8 Å². The van der Waals surface area contributed by atoms with Crippen molar-refractivity contribution >= 4 is 29.1 Å². The lowest BCUT2D eigenvalue weighted by molar-refractivity contribution is -0.115. The van der Waals surface area contributed by atoms with Gasteiger partial charge in [-0.3, -0.25) is 9.59 Å². The summed E-state index contributed by atoms with van der Waals surface area (Å²) in [7, 11) is 0. The summed E-state index contributed by atoms with van der Waals surface area (Å²) in [5, 5.41) is 3.51. The van der Waals surface area contributed by atoms with Crippen LogP contribution < -0.4 is 5.32 Å². The van der Waals surface area contributed by atoms with Gasteiger partial charge < -0.3 is 5.32 Å². The maximum absolute atomic E-state index is 12.1. The minimum Gasteiger partial charge on any atom is -0.325 e. The monoisotopic (exact) mass is 291 g/mol. The number of Topliss-reactive ketones (excluding diaryl/α,β-unsaturated/α-hetero) is 1. The lowest BCUT2D eigenvalue weighted by Crippen LogP contribution is -2.24. The zero-order chi connectivity index (χ0) is 14.5. The molecular formula is C16H21NO2S. The van der Waals surface area contributed by atoms with Crippen molar-refractivity contribution < 1.29 is 9.59 Å². The van der Waals surface area contributed by atoms with Gasteiger partial charge in [0.1, 0.15) is 0 Å². The summed E-state index contributed by atoms with van der Waals surface area (Å²) in [6.07, 6.45) is 5.04. The second kappa shape index (κ2) is 6.93. The average molecular weight is 291 g/mol. The van der Waals surface area contributed by atoms with Gasteiger partial charge in [0, 0.05) is 16.5 Å². The third-order valence-electron chi connectivity index (χ3n) is 3.63. The van der Waals surface area contributed by atoms with E-state index < -0.39 is 0 Å². The van der Waals surface area contributed by atoms with E-state index in [0.717, 1.165) is 5.69 Å². The molecule has 2 rings (SSSR count). The molecule has 0 saturated heterocycles. The number of carbonyl (C=O) groups excluding carboxylic acids is 2. The molecule has 1 aromatic rings. The molecule has 1 aliphatic carbocycles. The molecule has 0 aromatic heterocycles. The smallest absolute Gasteiger partial charge is 0.237 e. The van der Waals surface area contributed by atoms with Gasteiger partial charge in [0.25, 0.3) is 0 Å². The number of hydrogen-bond donors (Lipinski definition) is 1. The van der Waals surface area contributed by atoms with Gasteiger partial charge in [-0.25, -0.2) is 0 Å². The lowest BCUT2D eigenvalue weighted by Gasteiger charge is -2.16. The van der Waals surface area contributed by atoms with Gasteiger partial charge in [0.2, 0.25) is 5.91 Å². The number of hydrogen-bond acceptors (Lipinski definition) is 3. The normalized spacial score (nSPS) is 16.9. The van der Waals surface area contributed by atoms with E-state index in [-0.39, 0.29) is 16.9 Å². The highest BCUT2D eigenvalue weighted by Crippen LogP contribution is 2.32. The molecule has 0 heterocycles. The SMILES string of the molecule is CC(=O)c1ccc(NC(=O)[C@@H](C)SC2CCCC2)cc1. The predicted octanol–water partition coefficient (Wildman–Crippen LogP) is 3.89. The number of benzene rings is 1. The summed E-state index contributed by atoms with van der Waals surface area (Å²) in [6.45, 7) is 3.50. The molecule has 1 amide bonds. The van der Waals surface area contributed by atoms with E-state index in [9.17, 15) is 9.59 Å². The van der Waals surface area contributed by atoms with Crippen LogP contribution in [0.2, 0.25) is 0 Å². The molecule has 1 aliphatic rings. The molecule has 1 saturated carbocycles. The Morgan fingerprint density at radius 2 is 1.80 bits per heavy atom. The van der Waals surface area contributed by atoms with Crippen LogP contribution in [0.25, 0.3) is 0 Å². The van der Waals surface area contributed by atoms with Gasteiger partial charge >= 0.3 is 0 Å². The Hall–Kier alpha value is -1.29. The summed E-state index contributed by atoms with van der Waals surface area (Å²) >= 11 is 1.78. The van der Waals surface area contributed by atoms with E-state index in [4.69, 9.17) is 0 Å². The first-order valence-electron chi connectivity index (χ1n) is 7.13. The molecule has 1 N–H and O–H groups in total. The standard InChI is InChI=1S/C16H21NO2S/c1-11(18)13-7-9-14(10-8-13)17-16(19)12(2)20-15-5-3-4-6-15/h7-10,12,15H,3-6H2,1-2H3,(H,17,19)/t12-/m1/s1. The molecule has 0 radical (unpaired) electrons. The Bertz CT molecular complexity index is 478. The third-order valence-corrected chi connectivity index (χ3v) is 5.11. The molecule has 0 aliphatic heterocycles. The van der Waals surface area contributed by atoms with Crippen LogP contribution in [0.3, 0.4) is 0 Å². The van der Waals surface area contributed by atoms with Crippen LogP contribution in [0.5, 0.6) is 0 Å². The van der Waals surface area contributed by atoms with Crippen LogP contribution in [0.15, 0.2) is 24.3 Å². The first-order chi connectivity index (χ1) is 9.56. The predicted molar refractivity (Wildman–Crippen MR) is 84.4 cm³/mol. The van der Waals surface area contributed by atoms with Crippen LogP contribution in [0, 0.1) is 0 Å².